The summed E-state index contributed by atoms with van der Waals surface area (Å²) in [5.74, 6) is -0.256. The van der Waals surface area contributed by atoms with Crippen molar-refractivity contribution in [1.29, 1.82) is 0 Å². The normalized spacial score (nSPS) is 12.1. The highest BCUT2D eigenvalue weighted by molar-refractivity contribution is 6.30. The molecule has 0 aromatic heterocycles. The van der Waals surface area contributed by atoms with Gasteiger partial charge in [0.25, 0.3) is 5.91 Å². The molecule has 1 atom stereocenters. The minimum Gasteiger partial charge on any atom is -0.399 e. The summed E-state index contributed by atoms with van der Waals surface area (Å²) in [4.78, 5) is 16.7. The summed E-state index contributed by atoms with van der Waals surface area (Å²) < 4.78 is 0. The number of amides is 1. The van der Waals surface area contributed by atoms with Crippen molar-refractivity contribution < 1.29 is 14.7 Å². The van der Waals surface area contributed by atoms with Gasteiger partial charge in [0.2, 0.25) is 0 Å². The summed E-state index contributed by atoms with van der Waals surface area (Å²) in [6.45, 7) is 0.118. The van der Waals surface area contributed by atoms with Gasteiger partial charge in [-0.15, -0.1) is 0 Å². The number of nitrogens with one attached hydrogen (secondary N) is 1. The lowest BCUT2D eigenvalue weighted by molar-refractivity contribution is 0.0916. The van der Waals surface area contributed by atoms with Crippen LogP contribution in [0, 0.1) is 0 Å². The Balaban J connectivity index is 1.91. The first kappa shape index (κ1) is 17.0. The molecule has 0 radical (unpaired) electrons. The Morgan fingerprint density at radius 2 is 1.91 bits per heavy atom. The van der Waals surface area contributed by atoms with Gasteiger partial charge in [0.15, 0.2) is 0 Å². The average molecular weight is 333 g/mol. The molecule has 0 fully saturated rings. The minimum absolute atomic E-state index is 0.118. The Hall–Kier alpha value is -2.37. The number of aliphatic hydroxyl groups excluding tert-OH is 1. The standard InChI is InChI=1S/C17H17ClN2O3/c1-23-20-10-12-2-4-14(5-3-12)17(22)19-11-16(21)13-6-8-15(18)9-7-13/h2-10,16,21H,11H2,1H3,(H,19,22)/b20-10+. The Kier molecular flexibility index (Phi) is 6.14. The third kappa shape index (κ3) is 5.09. The summed E-state index contributed by atoms with van der Waals surface area (Å²) in [5, 5.41) is 17.0. The van der Waals surface area contributed by atoms with Gasteiger partial charge in [0.1, 0.15) is 7.11 Å². The molecular formula is C17H17ClN2O3. The summed E-state index contributed by atoms with van der Waals surface area (Å²) in [6, 6.07) is 13.7. The van der Waals surface area contributed by atoms with Crippen molar-refractivity contribution in [3.63, 3.8) is 0 Å². The average Bonchev–Trinajstić information content (AvgIpc) is 2.58. The number of nitrogens with zero attached hydrogens (tertiary/aromatic N) is 1. The molecule has 2 aromatic carbocycles. The molecule has 0 bridgehead atoms. The van der Waals surface area contributed by atoms with Gasteiger partial charge in [-0.2, -0.15) is 0 Å². The van der Waals surface area contributed by atoms with Gasteiger partial charge in [-0.25, -0.2) is 0 Å². The molecule has 0 aliphatic carbocycles. The first-order valence-electron chi connectivity index (χ1n) is 6.98. The molecule has 120 valence electrons. The van der Waals surface area contributed by atoms with Gasteiger partial charge in [0.05, 0.1) is 12.3 Å². The maximum absolute atomic E-state index is 12.1. The molecule has 2 N–H and O–H groups in total. The molecule has 0 saturated carbocycles. The number of hydrogen-bond acceptors (Lipinski definition) is 4. The van der Waals surface area contributed by atoms with E-state index in [0.717, 1.165) is 5.56 Å². The molecule has 6 heteroatoms. The van der Waals surface area contributed by atoms with Gasteiger partial charge in [-0.1, -0.05) is 41.0 Å². The van der Waals surface area contributed by atoms with Gasteiger partial charge in [0, 0.05) is 17.1 Å². The third-order valence-electron chi connectivity index (χ3n) is 3.19. The fourth-order valence-electron chi connectivity index (χ4n) is 1.93. The highest BCUT2D eigenvalue weighted by atomic mass is 35.5. The molecule has 23 heavy (non-hydrogen) atoms. The Bertz CT molecular complexity index is 669. The SMILES string of the molecule is CO/N=C/c1ccc(C(=O)NCC(O)c2ccc(Cl)cc2)cc1. The van der Waals surface area contributed by atoms with Crippen LogP contribution in [0.1, 0.15) is 27.6 Å². The van der Waals surface area contributed by atoms with Crippen molar-refractivity contribution in [3.05, 3.63) is 70.2 Å². The summed E-state index contributed by atoms with van der Waals surface area (Å²) in [5.41, 5.74) is 2.02. The molecule has 0 spiro atoms. The first-order chi connectivity index (χ1) is 11.1. The fourth-order valence-corrected chi connectivity index (χ4v) is 2.05. The zero-order chi connectivity index (χ0) is 16.7. The van der Waals surface area contributed by atoms with E-state index in [9.17, 15) is 9.90 Å². The number of oxime groups is 1. The molecule has 2 rings (SSSR count). The van der Waals surface area contributed by atoms with Crippen molar-refractivity contribution in [2.75, 3.05) is 13.7 Å². The van der Waals surface area contributed by atoms with E-state index < -0.39 is 6.10 Å². The monoisotopic (exact) mass is 332 g/mol. The van der Waals surface area contributed by atoms with Crippen LogP contribution in [0.4, 0.5) is 0 Å². The molecule has 0 aliphatic heterocycles. The number of carbonyl (C=O) groups excluding carboxylic acids is 1. The van der Waals surface area contributed by atoms with Crippen LogP contribution in [0.5, 0.6) is 0 Å². The number of benzene rings is 2. The zero-order valence-corrected chi connectivity index (χ0v) is 13.3. The van der Waals surface area contributed by atoms with E-state index in [1.165, 1.54) is 7.11 Å². The number of aliphatic hydroxyl groups is 1. The van der Waals surface area contributed by atoms with Crippen LogP contribution in [-0.4, -0.2) is 30.9 Å². The lowest BCUT2D eigenvalue weighted by Crippen LogP contribution is -2.28. The second-order valence-electron chi connectivity index (χ2n) is 4.82. The van der Waals surface area contributed by atoms with Crippen molar-refractivity contribution in [2.45, 2.75) is 6.10 Å². The van der Waals surface area contributed by atoms with E-state index >= 15 is 0 Å². The van der Waals surface area contributed by atoms with Crippen molar-refractivity contribution in [3.8, 4) is 0 Å². The molecule has 0 saturated heterocycles. The predicted molar refractivity (Wildman–Crippen MR) is 89.8 cm³/mol. The van der Waals surface area contributed by atoms with E-state index in [0.29, 0.717) is 16.1 Å². The zero-order valence-electron chi connectivity index (χ0n) is 12.6. The number of carbonyl (C=O) groups is 1. The summed E-state index contributed by atoms with van der Waals surface area (Å²) in [7, 11) is 1.46. The summed E-state index contributed by atoms with van der Waals surface area (Å²) in [6.07, 6.45) is 0.760. The van der Waals surface area contributed by atoms with E-state index in [-0.39, 0.29) is 12.5 Å². The lowest BCUT2D eigenvalue weighted by Gasteiger charge is -2.12. The third-order valence-corrected chi connectivity index (χ3v) is 3.44. The molecule has 0 heterocycles. The topological polar surface area (TPSA) is 70.9 Å². The Labute approximate surface area is 139 Å². The van der Waals surface area contributed by atoms with Crippen LogP contribution < -0.4 is 5.32 Å². The lowest BCUT2D eigenvalue weighted by atomic mass is 10.1. The van der Waals surface area contributed by atoms with Gasteiger partial charge >= 0.3 is 0 Å². The first-order valence-corrected chi connectivity index (χ1v) is 7.36. The van der Waals surface area contributed by atoms with Gasteiger partial charge in [-0.05, 0) is 35.4 Å². The second-order valence-corrected chi connectivity index (χ2v) is 5.25. The van der Waals surface area contributed by atoms with Crippen LogP contribution in [-0.2, 0) is 4.84 Å². The van der Waals surface area contributed by atoms with Gasteiger partial charge < -0.3 is 15.3 Å². The highest BCUT2D eigenvalue weighted by Gasteiger charge is 2.10. The maximum Gasteiger partial charge on any atom is 0.251 e. The Morgan fingerprint density at radius 3 is 2.52 bits per heavy atom. The van der Waals surface area contributed by atoms with Crippen LogP contribution >= 0.6 is 11.6 Å². The number of rotatable bonds is 6. The van der Waals surface area contributed by atoms with Crippen molar-refractivity contribution in [2.24, 2.45) is 5.16 Å². The molecule has 2 aromatic rings. The molecule has 1 unspecified atom stereocenters. The van der Waals surface area contributed by atoms with Crippen molar-refractivity contribution in [1.82, 2.24) is 5.32 Å². The van der Waals surface area contributed by atoms with E-state index in [1.54, 1.807) is 54.7 Å². The number of hydrogen-bond donors (Lipinski definition) is 2. The summed E-state index contributed by atoms with van der Waals surface area (Å²) >= 11 is 5.80. The minimum atomic E-state index is -0.788. The van der Waals surface area contributed by atoms with Crippen LogP contribution in [0.25, 0.3) is 0 Å². The maximum atomic E-state index is 12.1. The molecular weight excluding hydrogens is 316 g/mol. The largest absolute Gasteiger partial charge is 0.399 e. The second kappa shape index (κ2) is 8.31. The van der Waals surface area contributed by atoms with Crippen LogP contribution in [0.15, 0.2) is 53.7 Å². The van der Waals surface area contributed by atoms with E-state index in [1.807, 2.05) is 0 Å². The van der Waals surface area contributed by atoms with Crippen molar-refractivity contribution >= 4 is 23.7 Å². The smallest absolute Gasteiger partial charge is 0.251 e. The van der Waals surface area contributed by atoms with Crippen LogP contribution in [0.2, 0.25) is 5.02 Å². The van der Waals surface area contributed by atoms with E-state index in [2.05, 4.69) is 15.3 Å². The molecule has 5 nitrogen and oxygen atoms in total. The fraction of sp³-hybridized carbons (Fsp3) is 0.176. The Morgan fingerprint density at radius 1 is 1.26 bits per heavy atom. The highest BCUT2D eigenvalue weighted by Crippen LogP contribution is 2.15. The quantitative estimate of drug-likeness (QED) is 0.631. The molecule has 0 aliphatic rings. The number of halogens is 1. The van der Waals surface area contributed by atoms with Gasteiger partial charge in [-0.3, -0.25) is 4.79 Å². The van der Waals surface area contributed by atoms with E-state index in [4.69, 9.17) is 11.6 Å². The van der Waals surface area contributed by atoms with Crippen LogP contribution in [0.3, 0.4) is 0 Å². The predicted octanol–water partition coefficient (Wildman–Crippen LogP) is 2.78. The molecule has 1 amide bonds.